The van der Waals surface area contributed by atoms with E-state index < -0.39 is 0 Å². The van der Waals surface area contributed by atoms with Crippen molar-refractivity contribution >= 4 is 12.3 Å². The van der Waals surface area contributed by atoms with Crippen LogP contribution < -0.4 is 5.46 Å². The van der Waals surface area contributed by atoms with Gasteiger partial charge in [0.25, 0.3) is 6.85 Å². The van der Waals surface area contributed by atoms with Crippen molar-refractivity contribution in [1.29, 1.82) is 0 Å². The largest absolute Gasteiger partial charge is 0.343 e. The van der Waals surface area contributed by atoms with Crippen molar-refractivity contribution in [2.75, 3.05) is 14.1 Å². The Morgan fingerprint density at radius 3 is 2.36 bits per heavy atom. The highest BCUT2D eigenvalue weighted by atomic mass is 15.0. The van der Waals surface area contributed by atoms with E-state index in [-0.39, 0.29) is 0 Å². The minimum Gasteiger partial charge on any atom is -0.343 e. The number of hydrogen-bond donors (Lipinski definition) is 0. The summed E-state index contributed by atoms with van der Waals surface area (Å²) in [6.45, 7) is 2.56. The molecule has 0 aliphatic heterocycles. The van der Waals surface area contributed by atoms with E-state index in [9.17, 15) is 0 Å². The van der Waals surface area contributed by atoms with Crippen molar-refractivity contribution in [3.63, 3.8) is 0 Å². The van der Waals surface area contributed by atoms with Crippen molar-refractivity contribution in [2.24, 2.45) is 0 Å². The summed E-state index contributed by atoms with van der Waals surface area (Å²) >= 11 is 0. The maximum Gasteiger partial charge on any atom is 0.261 e. The second kappa shape index (κ2) is 5.66. The van der Waals surface area contributed by atoms with E-state index in [2.05, 4.69) is 68.3 Å². The molecule has 0 aliphatic carbocycles. The number of hydrogen-bond acceptors (Lipinski definition) is 1. The molecule has 0 N–H and O–H groups in total. The maximum atomic E-state index is 2.26. The van der Waals surface area contributed by atoms with Crippen LogP contribution in [0.5, 0.6) is 0 Å². The van der Waals surface area contributed by atoms with Crippen molar-refractivity contribution < 1.29 is 0 Å². The highest BCUT2D eigenvalue weighted by Crippen LogP contribution is 1.99. The molecule has 0 fully saturated rings. The van der Waals surface area contributed by atoms with Crippen LogP contribution in [-0.2, 0) is 0 Å². The number of rotatable bonds is 4. The van der Waals surface area contributed by atoms with Gasteiger partial charge in [-0.1, -0.05) is 47.9 Å². The third-order valence-corrected chi connectivity index (χ3v) is 2.40. The topological polar surface area (TPSA) is 3.24 Å². The lowest BCUT2D eigenvalue weighted by atomic mass is 9.52. The first-order valence-corrected chi connectivity index (χ1v) is 5.08. The molecule has 2 heteroatoms. The molecule has 0 atom stereocenters. The lowest BCUT2D eigenvalue weighted by Crippen LogP contribution is -2.43. The zero-order valence-corrected chi connectivity index (χ0v) is 9.27. The maximum absolute atomic E-state index is 2.26. The predicted octanol–water partition coefficient (Wildman–Crippen LogP) is 2.02. The van der Waals surface area contributed by atoms with Gasteiger partial charge in [0, 0.05) is 0 Å². The zero-order valence-electron chi connectivity index (χ0n) is 9.27. The van der Waals surface area contributed by atoms with Gasteiger partial charge in [-0.2, -0.15) is 0 Å². The molecule has 0 amide bonds. The van der Waals surface area contributed by atoms with Gasteiger partial charge in [-0.15, -0.1) is 0 Å². The quantitative estimate of drug-likeness (QED) is 0.514. The van der Waals surface area contributed by atoms with Gasteiger partial charge in [0.15, 0.2) is 0 Å². The second-order valence-corrected chi connectivity index (χ2v) is 3.69. The van der Waals surface area contributed by atoms with Crippen molar-refractivity contribution in [1.82, 2.24) is 4.81 Å². The highest BCUT2D eigenvalue weighted by Gasteiger charge is 2.16. The van der Waals surface area contributed by atoms with E-state index in [1.807, 2.05) is 0 Å². The van der Waals surface area contributed by atoms with Gasteiger partial charge in [-0.3, -0.25) is 0 Å². The summed E-state index contributed by atoms with van der Waals surface area (Å²) < 4.78 is 0. The van der Waals surface area contributed by atoms with E-state index in [0.29, 0.717) is 6.85 Å². The summed E-state index contributed by atoms with van der Waals surface area (Å²) in [5, 5.41) is 0. The monoisotopic (exact) mass is 187 g/mol. The first kappa shape index (κ1) is 11.1. The summed E-state index contributed by atoms with van der Waals surface area (Å²) in [5.41, 5.74) is 1.38. The molecular formula is C12H18BN. The fourth-order valence-electron chi connectivity index (χ4n) is 1.59. The van der Waals surface area contributed by atoms with Gasteiger partial charge in [-0.05, 0) is 27.3 Å². The molecule has 74 valence electrons. The molecule has 1 rings (SSSR count). The van der Waals surface area contributed by atoms with Crippen LogP contribution in [0.15, 0.2) is 42.5 Å². The average Bonchev–Trinajstić information content (AvgIpc) is 2.19. The molecule has 0 aliphatic rings. The first-order valence-electron chi connectivity index (χ1n) is 5.08. The van der Waals surface area contributed by atoms with Crippen LogP contribution in [0.25, 0.3) is 0 Å². The van der Waals surface area contributed by atoms with Crippen LogP contribution in [0.3, 0.4) is 0 Å². The second-order valence-electron chi connectivity index (χ2n) is 3.69. The fourth-order valence-corrected chi connectivity index (χ4v) is 1.59. The average molecular weight is 187 g/mol. The Morgan fingerprint density at radius 1 is 1.21 bits per heavy atom. The van der Waals surface area contributed by atoms with E-state index in [4.69, 9.17) is 0 Å². The van der Waals surface area contributed by atoms with Gasteiger partial charge in [0.2, 0.25) is 0 Å². The predicted molar refractivity (Wildman–Crippen MR) is 65.1 cm³/mol. The van der Waals surface area contributed by atoms with Crippen LogP contribution in [0.4, 0.5) is 0 Å². The van der Waals surface area contributed by atoms with E-state index >= 15 is 0 Å². The van der Waals surface area contributed by atoms with Crippen LogP contribution in [0, 0.1) is 0 Å². The SMILES string of the molecule is CC=CCB(c1ccccc1)N(C)C. The fraction of sp³-hybridized carbons (Fsp3) is 0.333. The van der Waals surface area contributed by atoms with Crippen LogP contribution in [-0.4, -0.2) is 25.8 Å². The molecule has 1 aromatic carbocycles. The Hall–Kier alpha value is -1.02. The molecule has 0 radical (unpaired) electrons. The number of benzene rings is 1. The Morgan fingerprint density at radius 2 is 1.86 bits per heavy atom. The Kier molecular flexibility index (Phi) is 4.47. The molecule has 0 spiro atoms. The van der Waals surface area contributed by atoms with Crippen molar-refractivity contribution in [3.8, 4) is 0 Å². The Bertz CT molecular complexity index is 280. The minimum atomic E-state index is 0.493. The summed E-state index contributed by atoms with van der Waals surface area (Å²) in [7, 11) is 4.25. The highest BCUT2D eigenvalue weighted by molar-refractivity contribution is 6.70. The van der Waals surface area contributed by atoms with Crippen LogP contribution >= 0.6 is 0 Å². The Labute approximate surface area is 87.5 Å². The smallest absolute Gasteiger partial charge is 0.261 e. The standard InChI is InChI=1S/C12H18BN/c1-4-5-11-13(14(2)3)12-9-7-6-8-10-12/h4-10H,11H2,1-3H3. The molecule has 0 bridgehead atoms. The van der Waals surface area contributed by atoms with Gasteiger partial charge < -0.3 is 4.81 Å². The number of nitrogens with zero attached hydrogens (tertiary/aromatic N) is 1. The van der Waals surface area contributed by atoms with Crippen LogP contribution in [0.1, 0.15) is 6.92 Å². The van der Waals surface area contributed by atoms with Crippen molar-refractivity contribution in [2.45, 2.75) is 13.2 Å². The summed E-state index contributed by atoms with van der Waals surface area (Å²) in [6.07, 6.45) is 5.41. The lowest BCUT2D eigenvalue weighted by Gasteiger charge is -2.19. The molecule has 0 unspecified atom stereocenters. The lowest BCUT2D eigenvalue weighted by molar-refractivity contribution is 0.649. The molecule has 0 heterocycles. The zero-order chi connectivity index (χ0) is 10.4. The van der Waals surface area contributed by atoms with Gasteiger partial charge in [0.1, 0.15) is 0 Å². The first-order chi connectivity index (χ1) is 6.75. The molecule has 0 saturated carbocycles. The van der Waals surface area contributed by atoms with E-state index in [1.165, 1.54) is 5.46 Å². The summed E-state index contributed by atoms with van der Waals surface area (Å²) in [4.78, 5) is 2.26. The van der Waals surface area contributed by atoms with E-state index in [0.717, 1.165) is 6.32 Å². The minimum absolute atomic E-state index is 0.493. The van der Waals surface area contributed by atoms with Crippen molar-refractivity contribution in [3.05, 3.63) is 42.5 Å². The molecule has 14 heavy (non-hydrogen) atoms. The third kappa shape index (κ3) is 3.04. The summed E-state index contributed by atoms with van der Waals surface area (Å²) in [5.74, 6) is 0. The van der Waals surface area contributed by atoms with Gasteiger partial charge in [-0.25, -0.2) is 0 Å². The third-order valence-electron chi connectivity index (χ3n) is 2.40. The molecular weight excluding hydrogens is 169 g/mol. The molecule has 0 saturated heterocycles. The molecule has 1 aromatic rings. The molecule has 0 aromatic heterocycles. The Balaban J connectivity index is 2.78. The van der Waals surface area contributed by atoms with Crippen LogP contribution in [0.2, 0.25) is 6.32 Å². The van der Waals surface area contributed by atoms with Gasteiger partial charge >= 0.3 is 0 Å². The van der Waals surface area contributed by atoms with Gasteiger partial charge in [0.05, 0.1) is 0 Å². The number of allylic oxidation sites excluding steroid dienone is 2. The summed E-state index contributed by atoms with van der Waals surface area (Å²) in [6, 6.07) is 10.6. The van der Waals surface area contributed by atoms with E-state index in [1.54, 1.807) is 0 Å². The molecule has 1 nitrogen and oxygen atoms in total. The normalized spacial score (nSPS) is 11.1.